The van der Waals surface area contributed by atoms with Crippen LogP contribution in [0.2, 0.25) is 0 Å². The van der Waals surface area contributed by atoms with Crippen molar-refractivity contribution in [2.45, 2.75) is 37.4 Å². The lowest BCUT2D eigenvalue weighted by atomic mass is 10.1. The zero-order valence-corrected chi connectivity index (χ0v) is 13.7. The molecule has 0 aliphatic rings. The summed E-state index contributed by atoms with van der Waals surface area (Å²) in [5.74, 6) is 0.481. The fourth-order valence-electron chi connectivity index (χ4n) is 1.66. The molecule has 0 aromatic carbocycles. The molecule has 1 heterocycles. The predicted molar refractivity (Wildman–Crippen MR) is 75.9 cm³/mol. The largest absolute Gasteiger partial charge is 0.253 e. The summed E-state index contributed by atoms with van der Waals surface area (Å²) < 4.78 is 27.2. The lowest BCUT2D eigenvalue weighted by Crippen LogP contribution is -2.35. The third-order valence-corrected chi connectivity index (χ3v) is 7.25. The lowest BCUT2D eigenvalue weighted by molar-refractivity contribution is 0.338. The molecular weight excluding hydrogens is 322 g/mol. The van der Waals surface area contributed by atoms with Gasteiger partial charge in [0.25, 0.3) is 10.0 Å². The molecule has 98 valence electrons. The molecule has 0 bridgehead atoms. The van der Waals surface area contributed by atoms with Gasteiger partial charge in [-0.25, -0.2) is 8.42 Å². The van der Waals surface area contributed by atoms with E-state index in [1.807, 2.05) is 6.92 Å². The molecule has 0 spiro atoms. The number of rotatable bonds is 5. The third-order valence-electron chi connectivity index (χ3n) is 2.63. The Hall–Kier alpha value is 0.0900. The minimum atomic E-state index is -3.37. The Morgan fingerprint density at radius 2 is 2.00 bits per heavy atom. The Bertz CT molecular complexity index is 468. The van der Waals surface area contributed by atoms with Crippen molar-refractivity contribution in [1.29, 1.82) is 0 Å². The number of sulfonamides is 1. The maximum Gasteiger partial charge on any atom is 0.253 e. The molecule has 6 heteroatoms. The van der Waals surface area contributed by atoms with Crippen LogP contribution in [0.15, 0.2) is 20.1 Å². The standard InChI is InChI=1S/C11H18BrNO2S2/c1-8(2)7-9(3)13(4)17(14,15)11-10(12)5-6-16-11/h5-6,8-9H,7H2,1-4H3. The average molecular weight is 340 g/mol. The maximum absolute atomic E-state index is 12.3. The first-order valence-corrected chi connectivity index (χ1v) is 8.59. The van der Waals surface area contributed by atoms with Gasteiger partial charge in [0.1, 0.15) is 4.21 Å². The Balaban J connectivity index is 2.96. The van der Waals surface area contributed by atoms with Crippen LogP contribution in [0.5, 0.6) is 0 Å². The van der Waals surface area contributed by atoms with E-state index >= 15 is 0 Å². The molecule has 0 saturated carbocycles. The summed E-state index contributed by atoms with van der Waals surface area (Å²) >= 11 is 4.52. The highest BCUT2D eigenvalue weighted by atomic mass is 79.9. The van der Waals surface area contributed by atoms with E-state index in [9.17, 15) is 8.42 Å². The number of nitrogens with zero attached hydrogens (tertiary/aromatic N) is 1. The number of thiophene rings is 1. The monoisotopic (exact) mass is 339 g/mol. The van der Waals surface area contributed by atoms with Crippen molar-refractivity contribution < 1.29 is 8.42 Å². The molecule has 1 rings (SSSR count). The Labute approximate surface area is 116 Å². The van der Waals surface area contributed by atoms with Gasteiger partial charge in [-0.15, -0.1) is 11.3 Å². The molecule has 0 aliphatic heterocycles. The molecule has 1 atom stereocenters. The third kappa shape index (κ3) is 3.53. The fraction of sp³-hybridized carbons (Fsp3) is 0.636. The van der Waals surface area contributed by atoms with E-state index in [0.29, 0.717) is 14.6 Å². The molecule has 17 heavy (non-hydrogen) atoms. The molecule has 1 aromatic heterocycles. The van der Waals surface area contributed by atoms with Crippen molar-refractivity contribution in [3.05, 3.63) is 15.9 Å². The highest BCUT2D eigenvalue weighted by molar-refractivity contribution is 9.10. The minimum absolute atomic E-state index is 0.00833. The summed E-state index contributed by atoms with van der Waals surface area (Å²) in [6.45, 7) is 6.13. The van der Waals surface area contributed by atoms with E-state index in [1.54, 1.807) is 18.5 Å². The van der Waals surface area contributed by atoms with E-state index in [1.165, 1.54) is 15.6 Å². The Morgan fingerprint density at radius 3 is 2.41 bits per heavy atom. The van der Waals surface area contributed by atoms with Crippen molar-refractivity contribution in [1.82, 2.24) is 4.31 Å². The summed E-state index contributed by atoms with van der Waals surface area (Å²) in [5.41, 5.74) is 0. The van der Waals surface area contributed by atoms with Crippen LogP contribution < -0.4 is 0 Å². The van der Waals surface area contributed by atoms with Gasteiger partial charge in [-0.2, -0.15) is 4.31 Å². The zero-order chi connectivity index (χ0) is 13.2. The highest BCUT2D eigenvalue weighted by Crippen LogP contribution is 2.31. The topological polar surface area (TPSA) is 37.4 Å². The Kier molecular flexibility index (Phi) is 5.19. The van der Waals surface area contributed by atoms with Gasteiger partial charge in [0, 0.05) is 17.6 Å². The molecule has 1 unspecified atom stereocenters. The number of hydrogen-bond donors (Lipinski definition) is 0. The summed E-state index contributed by atoms with van der Waals surface area (Å²) in [6, 6.07) is 1.77. The molecule has 0 saturated heterocycles. The van der Waals surface area contributed by atoms with Crippen LogP contribution in [0.3, 0.4) is 0 Å². The van der Waals surface area contributed by atoms with Crippen LogP contribution in [0.4, 0.5) is 0 Å². The van der Waals surface area contributed by atoms with E-state index < -0.39 is 10.0 Å². The van der Waals surface area contributed by atoms with Gasteiger partial charge in [0.15, 0.2) is 0 Å². The van der Waals surface area contributed by atoms with E-state index in [0.717, 1.165) is 6.42 Å². The van der Waals surface area contributed by atoms with Gasteiger partial charge in [0.05, 0.1) is 0 Å². The molecule has 0 aliphatic carbocycles. The van der Waals surface area contributed by atoms with E-state index in [2.05, 4.69) is 29.8 Å². The molecule has 0 N–H and O–H groups in total. The van der Waals surface area contributed by atoms with Crippen LogP contribution in [-0.4, -0.2) is 25.8 Å². The normalized spacial score (nSPS) is 14.5. The van der Waals surface area contributed by atoms with Gasteiger partial charge >= 0.3 is 0 Å². The van der Waals surface area contributed by atoms with Crippen molar-refractivity contribution in [2.75, 3.05) is 7.05 Å². The van der Waals surface area contributed by atoms with Gasteiger partial charge in [-0.05, 0) is 46.6 Å². The first-order valence-electron chi connectivity index (χ1n) is 5.47. The molecule has 0 radical (unpaired) electrons. The SMILES string of the molecule is CC(C)CC(C)N(C)S(=O)(=O)c1sccc1Br. The lowest BCUT2D eigenvalue weighted by Gasteiger charge is -2.25. The second-order valence-corrected chi connectivity index (χ2v) is 8.52. The van der Waals surface area contributed by atoms with Crippen LogP contribution in [0.1, 0.15) is 27.2 Å². The molecule has 3 nitrogen and oxygen atoms in total. The summed E-state index contributed by atoms with van der Waals surface area (Å²) in [5, 5.41) is 1.78. The van der Waals surface area contributed by atoms with Crippen molar-refractivity contribution in [3.8, 4) is 0 Å². The van der Waals surface area contributed by atoms with Crippen molar-refractivity contribution >= 4 is 37.3 Å². The average Bonchev–Trinajstić information content (AvgIpc) is 2.62. The van der Waals surface area contributed by atoms with E-state index in [4.69, 9.17) is 0 Å². The van der Waals surface area contributed by atoms with Gasteiger partial charge < -0.3 is 0 Å². The van der Waals surface area contributed by atoms with E-state index in [-0.39, 0.29) is 6.04 Å². The minimum Gasteiger partial charge on any atom is -0.206 e. The fourth-order valence-corrected chi connectivity index (χ4v) is 5.51. The summed E-state index contributed by atoms with van der Waals surface area (Å²) in [6.07, 6.45) is 0.860. The van der Waals surface area contributed by atoms with Crippen molar-refractivity contribution in [2.24, 2.45) is 5.92 Å². The summed E-state index contributed by atoms with van der Waals surface area (Å²) in [7, 11) is -1.72. The number of hydrogen-bond acceptors (Lipinski definition) is 3. The highest BCUT2D eigenvalue weighted by Gasteiger charge is 2.28. The van der Waals surface area contributed by atoms with Crippen LogP contribution in [0, 0.1) is 5.92 Å². The quantitative estimate of drug-likeness (QED) is 0.822. The van der Waals surface area contributed by atoms with Gasteiger partial charge in [-0.1, -0.05) is 13.8 Å². The van der Waals surface area contributed by atoms with Crippen LogP contribution >= 0.6 is 27.3 Å². The second-order valence-electron chi connectivity index (χ2n) is 4.56. The Morgan fingerprint density at radius 1 is 1.41 bits per heavy atom. The second kappa shape index (κ2) is 5.82. The predicted octanol–water partition coefficient (Wildman–Crippen LogP) is 3.57. The molecule has 0 amide bonds. The van der Waals surface area contributed by atoms with Gasteiger partial charge in [-0.3, -0.25) is 0 Å². The first-order chi connectivity index (χ1) is 7.76. The van der Waals surface area contributed by atoms with Crippen LogP contribution in [-0.2, 0) is 10.0 Å². The summed E-state index contributed by atoms with van der Waals surface area (Å²) in [4.78, 5) is 0. The van der Waals surface area contributed by atoms with Crippen molar-refractivity contribution in [3.63, 3.8) is 0 Å². The maximum atomic E-state index is 12.3. The molecule has 0 fully saturated rings. The smallest absolute Gasteiger partial charge is 0.206 e. The molecular formula is C11H18BrNO2S2. The van der Waals surface area contributed by atoms with Gasteiger partial charge in [0.2, 0.25) is 0 Å². The zero-order valence-electron chi connectivity index (χ0n) is 10.5. The first kappa shape index (κ1) is 15.1. The number of halogens is 1. The van der Waals surface area contributed by atoms with Crippen LogP contribution in [0.25, 0.3) is 0 Å². The molecule has 1 aromatic rings.